The van der Waals surface area contributed by atoms with Crippen molar-refractivity contribution in [3.05, 3.63) is 20.3 Å². The second-order valence-corrected chi connectivity index (χ2v) is 6.07. The molecular weight excluding hydrogens is 302 g/mol. The first-order chi connectivity index (χ1) is 8.20. The van der Waals surface area contributed by atoms with Gasteiger partial charge in [0.05, 0.1) is 11.0 Å². The Morgan fingerprint density at radius 1 is 1.71 bits per heavy atom. The molecule has 2 heterocycles. The van der Waals surface area contributed by atoms with Crippen LogP contribution in [0.1, 0.15) is 34.3 Å². The molecule has 1 aliphatic heterocycles. The number of amides is 1. The van der Waals surface area contributed by atoms with Crippen LogP contribution in [0.4, 0.5) is 0 Å². The minimum Gasteiger partial charge on any atom is -0.376 e. The number of ether oxygens (including phenoxy) is 1. The van der Waals surface area contributed by atoms with Crippen molar-refractivity contribution in [2.24, 2.45) is 0 Å². The fourth-order valence-electron chi connectivity index (χ4n) is 1.86. The summed E-state index contributed by atoms with van der Waals surface area (Å²) in [4.78, 5) is 13.9. The maximum atomic E-state index is 11.9. The highest BCUT2D eigenvalue weighted by Gasteiger charge is 2.18. The summed E-state index contributed by atoms with van der Waals surface area (Å²) in [6.45, 7) is 3.53. The molecule has 0 radical (unpaired) electrons. The standard InChI is InChI=1S/C12H16BrNO2S/c1-2-10-9(13)6-11(17-10)12(15)14-7-8-4-3-5-16-8/h6,8H,2-5,7H2,1H3,(H,14,15)/t8-/m0/s1. The Morgan fingerprint density at radius 3 is 3.12 bits per heavy atom. The fraction of sp³-hybridized carbons (Fsp3) is 0.583. The van der Waals surface area contributed by atoms with Gasteiger partial charge >= 0.3 is 0 Å². The molecule has 1 fully saturated rings. The molecule has 1 N–H and O–H groups in total. The van der Waals surface area contributed by atoms with E-state index in [1.54, 1.807) is 11.3 Å². The van der Waals surface area contributed by atoms with Crippen LogP contribution in [0.5, 0.6) is 0 Å². The Bertz CT molecular complexity index is 399. The van der Waals surface area contributed by atoms with Gasteiger partial charge in [-0.2, -0.15) is 0 Å². The highest BCUT2D eigenvalue weighted by molar-refractivity contribution is 9.10. The molecule has 1 aromatic rings. The van der Waals surface area contributed by atoms with Crippen molar-refractivity contribution in [2.45, 2.75) is 32.3 Å². The van der Waals surface area contributed by atoms with Gasteiger partial charge in [-0.1, -0.05) is 6.92 Å². The predicted molar refractivity (Wildman–Crippen MR) is 72.7 cm³/mol. The van der Waals surface area contributed by atoms with E-state index in [2.05, 4.69) is 28.2 Å². The number of hydrogen-bond donors (Lipinski definition) is 1. The SMILES string of the molecule is CCc1sc(C(=O)NC[C@@H]2CCCO2)cc1Br. The molecule has 3 nitrogen and oxygen atoms in total. The summed E-state index contributed by atoms with van der Waals surface area (Å²) in [5.74, 6) is 0.00546. The van der Waals surface area contributed by atoms with E-state index in [0.29, 0.717) is 6.54 Å². The molecule has 0 aliphatic carbocycles. The van der Waals surface area contributed by atoms with Crippen molar-refractivity contribution in [3.63, 3.8) is 0 Å². The molecule has 1 saturated heterocycles. The van der Waals surface area contributed by atoms with Crippen LogP contribution >= 0.6 is 27.3 Å². The maximum Gasteiger partial charge on any atom is 0.261 e. The average Bonchev–Trinajstić information content (AvgIpc) is 2.94. The second-order valence-electron chi connectivity index (χ2n) is 4.08. The summed E-state index contributed by atoms with van der Waals surface area (Å²) in [5.41, 5.74) is 0. The quantitative estimate of drug-likeness (QED) is 0.927. The van der Waals surface area contributed by atoms with Crippen LogP contribution in [0, 0.1) is 0 Å². The van der Waals surface area contributed by atoms with E-state index in [9.17, 15) is 4.79 Å². The largest absolute Gasteiger partial charge is 0.376 e. The first kappa shape index (κ1) is 13.1. The third-order valence-electron chi connectivity index (χ3n) is 2.82. The number of carbonyl (C=O) groups is 1. The number of thiophene rings is 1. The van der Waals surface area contributed by atoms with Crippen molar-refractivity contribution in [1.82, 2.24) is 5.32 Å². The van der Waals surface area contributed by atoms with Gasteiger partial charge < -0.3 is 10.1 Å². The van der Waals surface area contributed by atoms with Crippen LogP contribution in [0.15, 0.2) is 10.5 Å². The first-order valence-corrected chi connectivity index (χ1v) is 7.49. The molecule has 5 heteroatoms. The van der Waals surface area contributed by atoms with E-state index in [0.717, 1.165) is 35.2 Å². The van der Waals surface area contributed by atoms with Crippen molar-refractivity contribution < 1.29 is 9.53 Å². The van der Waals surface area contributed by atoms with Gasteiger partial charge in [0.15, 0.2) is 0 Å². The summed E-state index contributed by atoms with van der Waals surface area (Å²) >= 11 is 5.02. The summed E-state index contributed by atoms with van der Waals surface area (Å²) < 4.78 is 6.50. The second kappa shape index (κ2) is 5.98. The number of carbonyl (C=O) groups excluding carboxylic acids is 1. The van der Waals surface area contributed by atoms with Crippen LogP contribution in [-0.4, -0.2) is 25.2 Å². The van der Waals surface area contributed by atoms with E-state index in [-0.39, 0.29) is 12.0 Å². The Morgan fingerprint density at radius 2 is 2.53 bits per heavy atom. The van der Waals surface area contributed by atoms with E-state index in [1.165, 1.54) is 4.88 Å². The molecule has 1 atom stereocenters. The molecule has 0 aromatic carbocycles. The van der Waals surface area contributed by atoms with E-state index >= 15 is 0 Å². The van der Waals surface area contributed by atoms with Crippen molar-refractivity contribution in [3.8, 4) is 0 Å². The van der Waals surface area contributed by atoms with E-state index in [1.807, 2.05) is 6.07 Å². The van der Waals surface area contributed by atoms with Crippen LogP contribution in [0.2, 0.25) is 0 Å². The van der Waals surface area contributed by atoms with Gasteiger partial charge in [0.1, 0.15) is 0 Å². The van der Waals surface area contributed by atoms with Gasteiger partial charge in [-0.25, -0.2) is 0 Å². The zero-order valence-electron chi connectivity index (χ0n) is 9.79. The molecule has 17 heavy (non-hydrogen) atoms. The van der Waals surface area contributed by atoms with Crippen molar-refractivity contribution >= 4 is 33.2 Å². The summed E-state index contributed by atoms with van der Waals surface area (Å²) in [6.07, 6.45) is 3.30. The number of aryl methyl sites for hydroxylation is 1. The topological polar surface area (TPSA) is 38.3 Å². The van der Waals surface area contributed by atoms with Gasteiger partial charge in [0, 0.05) is 22.5 Å². The lowest BCUT2D eigenvalue weighted by atomic mass is 10.2. The third-order valence-corrected chi connectivity index (χ3v) is 5.06. The number of nitrogens with one attached hydrogen (secondary N) is 1. The van der Waals surface area contributed by atoms with Gasteiger partial charge in [-0.05, 0) is 41.3 Å². The Kier molecular flexibility index (Phi) is 4.59. The minimum atomic E-state index is 0.00546. The molecule has 0 spiro atoms. The van der Waals surface area contributed by atoms with Crippen molar-refractivity contribution in [1.29, 1.82) is 0 Å². The van der Waals surface area contributed by atoms with E-state index in [4.69, 9.17) is 4.74 Å². The smallest absolute Gasteiger partial charge is 0.261 e. The molecule has 0 bridgehead atoms. The lowest BCUT2D eigenvalue weighted by Gasteiger charge is -2.09. The Balaban J connectivity index is 1.89. The summed E-state index contributed by atoms with van der Waals surface area (Å²) in [7, 11) is 0. The van der Waals surface area contributed by atoms with Gasteiger partial charge in [-0.15, -0.1) is 11.3 Å². The highest BCUT2D eigenvalue weighted by Crippen LogP contribution is 2.27. The van der Waals surface area contributed by atoms with Gasteiger partial charge in [0.25, 0.3) is 5.91 Å². The monoisotopic (exact) mass is 317 g/mol. The lowest BCUT2D eigenvalue weighted by Crippen LogP contribution is -2.31. The van der Waals surface area contributed by atoms with Gasteiger partial charge in [-0.3, -0.25) is 4.79 Å². The first-order valence-electron chi connectivity index (χ1n) is 5.88. The van der Waals surface area contributed by atoms with E-state index < -0.39 is 0 Å². The van der Waals surface area contributed by atoms with Crippen LogP contribution in [0.3, 0.4) is 0 Å². The molecule has 1 aromatic heterocycles. The fourth-order valence-corrected chi connectivity index (χ4v) is 3.67. The molecular formula is C12H16BrNO2S. The molecule has 1 amide bonds. The molecule has 0 unspecified atom stereocenters. The average molecular weight is 318 g/mol. The summed E-state index contributed by atoms with van der Waals surface area (Å²) in [6, 6.07) is 1.90. The van der Waals surface area contributed by atoms with Crippen LogP contribution in [0.25, 0.3) is 0 Å². The van der Waals surface area contributed by atoms with Crippen LogP contribution in [-0.2, 0) is 11.2 Å². The summed E-state index contributed by atoms with van der Waals surface area (Å²) in [5, 5.41) is 2.93. The number of hydrogen-bond acceptors (Lipinski definition) is 3. The van der Waals surface area contributed by atoms with Crippen LogP contribution < -0.4 is 5.32 Å². The normalized spacial score (nSPS) is 19.5. The molecule has 1 aliphatic rings. The van der Waals surface area contributed by atoms with Crippen molar-refractivity contribution in [2.75, 3.05) is 13.2 Å². The predicted octanol–water partition coefficient (Wildman–Crippen LogP) is 2.98. The molecule has 94 valence electrons. The minimum absolute atomic E-state index is 0.00546. The highest BCUT2D eigenvalue weighted by atomic mass is 79.9. The third kappa shape index (κ3) is 3.30. The Labute approximate surface area is 114 Å². The number of rotatable bonds is 4. The number of halogens is 1. The Hall–Kier alpha value is -0.390. The zero-order valence-corrected chi connectivity index (χ0v) is 12.2. The van der Waals surface area contributed by atoms with Gasteiger partial charge in [0.2, 0.25) is 0 Å². The molecule has 2 rings (SSSR count). The molecule has 0 saturated carbocycles. The maximum absolute atomic E-state index is 11.9. The zero-order chi connectivity index (χ0) is 12.3. The lowest BCUT2D eigenvalue weighted by molar-refractivity contribution is 0.0861.